The average molecular weight is 448 g/mol. The summed E-state index contributed by atoms with van der Waals surface area (Å²) in [6, 6.07) is 6.53. The molecule has 0 spiro atoms. The van der Waals surface area contributed by atoms with Gasteiger partial charge in [0.1, 0.15) is 24.0 Å². The molecule has 0 fully saturated rings. The molecule has 2 aromatic heterocycles. The number of esters is 1. The van der Waals surface area contributed by atoms with Crippen LogP contribution >= 0.6 is 0 Å². The molecule has 0 saturated carbocycles. The molecule has 0 saturated heterocycles. The number of rotatable bonds is 9. The first-order chi connectivity index (χ1) is 14.5. The fourth-order valence-corrected chi connectivity index (χ4v) is 3.78. The van der Waals surface area contributed by atoms with Crippen molar-refractivity contribution in [3.63, 3.8) is 0 Å². The number of furan rings is 1. The Morgan fingerprint density at radius 1 is 1.32 bits per heavy atom. The summed E-state index contributed by atoms with van der Waals surface area (Å²) in [7, 11) is -0.933. The second kappa shape index (κ2) is 9.98. The normalized spacial score (nSPS) is 12.4. The van der Waals surface area contributed by atoms with Gasteiger partial charge in [0, 0.05) is 32.0 Å². The summed E-state index contributed by atoms with van der Waals surface area (Å²) in [5, 5.41) is 9.19. The molecule has 31 heavy (non-hydrogen) atoms. The summed E-state index contributed by atoms with van der Waals surface area (Å²) in [5.74, 6) is -0.0690. The third kappa shape index (κ3) is 5.87. The Morgan fingerprint density at radius 2 is 2.00 bits per heavy atom. The van der Waals surface area contributed by atoms with E-state index in [9.17, 15) is 18.5 Å². The van der Waals surface area contributed by atoms with Crippen LogP contribution in [-0.4, -0.2) is 37.4 Å². The van der Waals surface area contributed by atoms with Crippen LogP contribution in [0.4, 0.5) is 0 Å². The minimum atomic E-state index is -3.71. The molecule has 0 bridgehead atoms. The standard InChI is InChI=1S/C22H29N3O5S/c1-15(2)9-10-25-16(3)11-18(17(25)4)12-19(13-23)22(26)29-14-20-7-8-21(30-20)31(27,28)24(5)6/h7-8,11-12,15H,9-10,14H2,1-6H3/b19-12-. The van der Waals surface area contributed by atoms with Crippen molar-refractivity contribution < 1.29 is 22.4 Å². The number of carbonyl (C=O) groups is 1. The Kier molecular flexibility index (Phi) is 7.87. The highest BCUT2D eigenvalue weighted by Gasteiger charge is 2.22. The van der Waals surface area contributed by atoms with Gasteiger partial charge < -0.3 is 13.7 Å². The van der Waals surface area contributed by atoms with E-state index in [1.807, 2.05) is 26.0 Å². The smallest absolute Gasteiger partial charge is 0.349 e. The highest BCUT2D eigenvalue weighted by Crippen LogP contribution is 2.21. The minimum Gasteiger partial charge on any atom is -0.453 e. The molecule has 2 rings (SSSR count). The predicted octanol–water partition coefficient (Wildman–Crippen LogP) is 3.64. The maximum atomic E-state index is 12.4. The lowest BCUT2D eigenvalue weighted by atomic mass is 10.1. The van der Waals surface area contributed by atoms with Crippen molar-refractivity contribution in [1.29, 1.82) is 5.26 Å². The van der Waals surface area contributed by atoms with E-state index in [1.54, 1.807) is 0 Å². The van der Waals surface area contributed by atoms with E-state index in [0.717, 1.165) is 34.2 Å². The molecule has 0 N–H and O–H groups in total. The molecule has 9 heteroatoms. The van der Waals surface area contributed by atoms with Gasteiger partial charge in [-0.1, -0.05) is 13.8 Å². The van der Waals surface area contributed by atoms with Crippen LogP contribution in [0.5, 0.6) is 0 Å². The number of aromatic nitrogens is 1. The summed E-state index contributed by atoms with van der Waals surface area (Å²) < 4.78 is 37.7. The number of ether oxygens (including phenoxy) is 1. The van der Waals surface area contributed by atoms with Crippen LogP contribution in [0, 0.1) is 31.1 Å². The maximum absolute atomic E-state index is 12.4. The molecule has 0 atom stereocenters. The molecule has 2 aromatic rings. The number of aryl methyl sites for hydroxylation is 1. The molecule has 168 valence electrons. The summed E-state index contributed by atoms with van der Waals surface area (Å²) in [6.07, 6.45) is 2.54. The van der Waals surface area contributed by atoms with Crippen molar-refractivity contribution >= 4 is 22.1 Å². The molecule has 0 radical (unpaired) electrons. The Balaban J connectivity index is 2.13. The molecule has 0 unspecified atom stereocenters. The fraction of sp³-hybridized carbons (Fsp3) is 0.455. The van der Waals surface area contributed by atoms with E-state index in [1.165, 1.54) is 32.3 Å². The van der Waals surface area contributed by atoms with Crippen molar-refractivity contribution in [2.24, 2.45) is 5.92 Å². The Hall–Kier alpha value is -2.83. The van der Waals surface area contributed by atoms with Gasteiger partial charge in [0.2, 0.25) is 5.09 Å². The summed E-state index contributed by atoms with van der Waals surface area (Å²) >= 11 is 0. The first kappa shape index (κ1) is 24.4. The van der Waals surface area contributed by atoms with Crippen LogP contribution in [-0.2, 0) is 32.7 Å². The highest BCUT2D eigenvalue weighted by atomic mass is 32.2. The molecular weight excluding hydrogens is 418 g/mol. The van der Waals surface area contributed by atoms with Gasteiger partial charge in [0.15, 0.2) is 0 Å². The summed E-state index contributed by atoms with van der Waals surface area (Å²) in [4.78, 5) is 12.4. The van der Waals surface area contributed by atoms with E-state index in [0.29, 0.717) is 5.92 Å². The number of nitriles is 1. The predicted molar refractivity (Wildman–Crippen MR) is 116 cm³/mol. The minimum absolute atomic E-state index is 0.142. The van der Waals surface area contributed by atoms with Gasteiger partial charge in [0.05, 0.1) is 0 Å². The zero-order valence-corrected chi connectivity index (χ0v) is 19.6. The molecule has 0 aliphatic carbocycles. The third-order valence-electron chi connectivity index (χ3n) is 4.90. The van der Waals surface area contributed by atoms with E-state index in [4.69, 9.17) is 9.15 Å². The monoisotopic (exact) mass is 447 g/mol. The fourth-order valence-electron chi connectivity index (χ4n) is 2.97. The number of carbonyl (C=O) groups excluding carboxylic acids is 1. The van der Waals surface area contributed by atoms with Crippen molar-refractivity contribution in [3.8, 4) is 6.07 Å². The van der Waals surface area contributed by atoms with Crippen LogP contribution in [0.2, 0.25) is 0 Å². The maximum Gasteiger partial charge on any atom is 0.349 e. The van der Waals surface area contributed by atoms with E-state index < -0.39 is 16.0 Å². The number of hydrogen-bond acceptors (Lipinski definition) is 6. The molecule has 2 heterocycles. The molecule has 8 nitrogen and oxygen atoms in total. The van der Waals surface area contributed by atoms with Crippen molar-refractivity contribution in [2.45, 2.75) is 52.4 Å². The van der Waals surface area contributed by atoms with Gasteiger partial charge in [-0.05, 0) is 56.0 Å². The first-order valence-electron chi connectivity index (χ1n) is 9.94. The zero-order valence-electron chi connectivity index (χ0n) is 18.8. The Labute approximate surface area is 183 Å². The molecule has 0 aliphatic heterocycles. The quantitative estimate of drug-likeness (QED) is 0.330. The van der Waals surface area contributed by atoms with Crippen LogP contribution in [0.25, 0.3) is 6.08 Å². The van der Waals surface area contributed by atoms with Gasteiger partial charge in [0.25, 0.3) is 10.0 Å². The van der Waals surface area contributed by atoms with E-state index in [-0.39, 0.29) is 23.0 Å². The van der Waals surface area contributed by atoms with Gasteiger partial charge in [-0.2, -0.15) is 5.26 Å². The molecular formula is C22H29N3O5S. The number of nitrogens with zero attached hydrogens (tertiary/aromatic N) is 3. The van der Waals surface area contributed by atoms with Gasteiger partial charge in [-0.15, -0.1) is 0 Å². The lowest BCUT2D eigenvalue weighted by Crippen LogP contribution is -2.21. The second-order valence-corrected chi connectivity index (χ2v) is 10.00. The van der Waals surface area contributed by atoms with Gasteiger partial charge in [-0.25, -0.2) is 17.5 Å². The van der Waals surface area contributed by atoms with Crippen LogP contribution in [0.15, 0.2) is 33.3 Å². The van der Waals surface area contributed by atoms with Crippen LogP contribution in [0.1, 0.15) is 43.0 Å². The largest absolute Gasteiger partial charge is 0.453 e. The summed E-state index contributed by atoms with van der Waals surface area (Å²) in [6.45, 7) is 8.86. The molecule has 0 aliphatic rings. The highest BCUT2D eigenvalue weighted by molar-refractivity contribution is 7.88. The third-order valence-corrected chi connectivity index (χ3v) is 6.59. The first-order valence-corrected chi connectivity index (χ1v) is 11.4. The second-order valence-electron chi connectivity index (χ2n) is 7.91. The van der Waals surface area contributed by atoms with Crippen LogP contribution in [0.3, 0.4) is 0 Å². The summed E-state index contributed by atoms with van der Waals surface area (Å²) in [5.41, 5.74) is 2.67. The zero-order chi connectivity index (χ0) is 23.3. The van der Waals surface area contributed by atoms with E-state index in [2.05, 4.69) is 18.4 Å². The van der Waals surface area contributed by atoms with Crippen LogP contribution < -0.4 is 0 Å². The lowest BCUT2D eigenvalue weighted by Gasteiger charge is -2.11. The van der Waals surface area contributed by atoms with Crippen molar-refractivity contribution in [1.82, 2.24) is 8.87 Å². The Bertz CT molecular complexity index is 1110. The lowest BCUT2D eigenvalue weighted by molar-refractivity contribution is -0.140. The molecule has 0 amide bonds. The Morgan fingerprint density at radius 3 is 2.58 bits per heavy atom. The molecule has 0 aromatic carbocycles. The van der Waals surface area contributed by atoms with E-state index >= 15 is 0 Å². The van der Waals surface area contributed by atoms with Gasteiger partial charge >= 0.3 is 5.97 Å². The number of hydrogen-bond donors (Lipinski definition) is 0. The number of sulfonamides is 1. The van der Waals surface area contributed by atoms with Gasteiger partial charge in [-0.3, -0.25) is 0 Å². The SMILES string of the molecule is Cc1cc(/C=C(/C#N)C(=O)OCc2ccc(S(=O)(=O)N(C)C)o2)c(C)n1CCC(C)C. The van der Waals surface area contributed by atoms with Crippen molar-refractivity contribution in [2.75, 3.05) is 14.1 Å². The topological polar surface area (TPSA) is 106 Å². The average Bonchev–Trinajstić information content (AvgIpc) is 3.27. The van der Waals surface area contributed by atoms with Crippen molar-refractivity contribution in [3.05, 3.63) is 46.5 Å².